The van der Waals surface area contributed by atoms with Crippen LogP contribution in [0.3, 0.4) is 0 Å². The Morgan fingerprint density at radius 3 is 2.52 bits per heavy atom. The molecule has 0 saturated carbocycles. The molecule has 21 heavy (non-hydrogen) atoms. The van der Waals surface area contributed by atoms with Gasteiger partial charge in [0.15, 0.2) is 0 Å². The van der Waals surface area contributed by atoms with Crippen LogP contribution in [0, 0.1) is 12.3 Å². The molecule has 0 aromatic carbocycles. The fourth-order valence-electron chi connectivity index (χ4n) is 3.10. The second kappa shape index (κ2) is 4.17. The summed E-state index contributed by atoms with van der Waals surface area (Å²) in [5, 5.41) is 0. The van der Waals surface area contributed by atoms with Gasteiger partial charge in [-0.05, 0) is 18.4 Å². The first-order valence-corrected chi connectivity index (χ1v) is 8.29. The molecule has 4 rings (SSSR count). The van der Waals surface area contributed by atoms with Crippen LogP contribution in [0.15, 0.2) is 6.07 Å². The van der Waals surface area contributed by atoms with Gasteiger partial charge in [-0.2, -0.15) is 0 Å². The van der Waals surface area contributed by atoms with Crippen molar-refractivity contribution in [1.29, 1.82) is 0 Å². The molecular weight excluding hydrogens is 282 g/mol. The average molecular weight is 303 g/mol. The summed E-state index contributed by atoms with van der Waals surface area (Å²) in [4.78, 5) is 13.1. The summed E-state index contributed by atoms with van der Waals surface area (Å²) in [6.45, 7) is 12.7. The summed E-state index contributed by atoms with van der Waals surface area (Å²) < 4.78 is 6.60. The van der Waals surface area contributed by atoms with Gasteiger partial charge in [0.25, 0.3) is 0 Å². The lowest BCUT2D eigenvalue weighted by atomic mass is 9.78. The molecule has 2 aromatic heterocycles. The number of thiophene rings is 1. The SMILES string of the molecule is Cc1nc(N2CC3(COC3)C2)c2sc(C(C)(C)C)cc2n1. The van der Waals surface area contributed by atoms with Crippen LogP contribution in [0.5, 0.6) is 0 Å². The highest BCUT2D eigenvalue weighted by Gasteiger charge is 2.50. The van der Waals surface area contributed by atoms with Crippen LogP contribution >= 0.6 is 11.3 Å². The van der Waals surface area contributed by atoms with E-state index in [1.165, 1.54) is 9.58 Å². The van der Waals surface area contributed by atoms with Crippen molar-refractivity contribution in [3.63, 3.8) is 0 Å². The summed E-state index contributed by atoms with van der Waals surface area (Å²) >= 11 is 1.84. The van der Waals surface area contributed by atoms with E-state index < -0.39 is 0 Å². The van der Waals surface area contributed by atoms with Crippen LogP contribution in [-0.2, 0) is 10.2 Å². The Bertz CT molecular complexity index is 704. The van der Waals surface area contributed by atoms with Crippen molar-refractivity contribution in [2.75, 3.05) is 31.2 Å². The molecule has 112 valence electrons. The molecule has 2 aliphatic heterocycles. The van der Waals surface area contributed by atoms with E-state index in [1.54, 1.807) is 0 Å². The van der Waals surface area contributed by atoms with Crippen molar-refractivity contribution in [2.24, 2.45) is 5.41 Å². The van der Waals surface area contributed by atoms with Crippen LogP contribution in [0.2, 0.25) is 0 Å². The number of anilines is 1. The van der Waals surface area contributed by atoms with Gasteiger partial charge in [-0.3, -0.25) is 0 Å². The molecular formula is C16H21N3OS. The monoisotopic (exact) mass is 303 g/mol. The number of aryl methyl sites for hydroxylation is 1. The fourth-order valence-corrected chi connectivity index (χ4v) is 4.27. The molecule has 0 unspecified atom stereocenters. The van der Waals surface area contributed by atoms with Crippen LogP contribution in [0.25, 0.3) is 10.2 Å². The number of fused-ring (bicyclic) bond motifs is 1. The van der Waals surface area contributed by atoms with E-state index in [2.05, 4.69) is 36.7 Å². The van der Waals surface area contributed by atoms with Gasteiger partial charge in [0.1, 0.15) is 11.6 Å². The molecule has 4 nitrogen and oxygen atoms in total. The summed E-state index contributed by atoms with van der Waals surface area (Å²) in [7, 11) is 0. The summed E-state index contributed by atoms with van der Waals surface area (Å²) in [6, 6.07) is 2.24. The molecule has 2 aromatic rings. The summed E-state index contributed by atoms with van der Waals surface area (Å²) in [5.41, 5.74) is 1.67. The van der Waals surface area contributed by atoms with Gasteiger partial charge in [-0.25, -0.2) is 9.97 Å². The van der Waals surface area contributed by atoms with Gasteiger partial charge in [-0.1, -0.05) is 20.8 Å². The number of ether oxygens (including phenoxy) is 1. The van der Waals surface area contributed by atoms with Gasteiger partial charge in [-0.15, -0.1) is 11.3 Å². The molecule has 0 N–H and O–H groups in total. The number of aromatic nitrogens is 2. The third kappa shape index (κ3) is 2.06. The van der Waals surface area contributed by atoms with E-state index in [0.717, 1.165) is 43.5 Å². The zero-order valence-electron chi connectivity index (χ0n) is 13.1. The quantitative estimate of drug-likeness (QED) is 0.811. The zero-order valence-corrected chi connectivity index (χ0v) is 13.9. The van der Waals surface area contributed by atoms with E-state index in [4.69, 9.17) is 9.72 Å². The summed E-state index contributed by atoms with van der Waals surface area (Å²) in [6.07, 6.45) is 0. The first kappa shape index (κ1) is 13.5. The highest BCUT2D eigenvalue weighted by atomic mass is 32.1. The molecule has 0 radical (unpaired) electrons. The first-order valence-electron chi connectivity index (χ1n) is 7.48. The third-order valence-corrected chi connectivity index (χ3v) is 5.92. The highest BCUT2D eigenvalue weighted by Crippen LogP contribution is 2.44. The number of hydrogen-bond acceptors (Lipinski definition) is 5. The van der Waals surface area contributed by atoms with Crippen molar-refractivity contribution < 1.29 is 4.74 Å². The minimum absolute atomic E-state index is 0.161. The number of hydrogen-bond donors (Lipinski definition) is 0. The maximum atomic E-state index is 5.37. The second-order valence-electron chi connectivity index (χ2n) is 7.52. The van der Waals surface area contributed by atoms with Crippen molar-refractivity contribution in [2.45, 2.75) is 33.1 Å². The Kier molecular flexibility index (Phi) is 2.67. The van der Waals surface area contributed by atoms with Crippen LogP contribution in [0.4, 0.5) is 5.82 Å². The topological polar surface area (TPSA) is 38.2 Å². The average Bonchev–Trinajstić information content (AvgIpc) is 2.68. The van der Waals surface area contributed by atoms with E-state index in [9.17, 15) is 0 Å². The maximum absolute atomic E-state index is 5.37. The van der Waals surface area contributed by atoms with Crippen molar-refractivity contribution in [1.82, 2.24) is 9.97 Å². The minimum atomic E-state index is 0.161. The smallest absolute Gasteiger partial charge is 0.150 e. The summed E-state index contributed by atoms with van der Waals surface area (Å²) in [5.74, 6) is 1.98. The third-order valence-electron chi connectivity index (χ3n) is 4.37. The van der Waals surface area contributed by atoms with Crippen LogP contribution in [-0.4, -0.2) is 36.3 Å². The van der Waals surface area contributed by atoms with Gasteiger partial charge in [0.05, 0.1) is 28.8 Å². The molecule has 4 heterocycles. The van der Waals surface area contributed by atoms with Gasteiger partial charge < -0.3 is 9.64 Å². The van der Waals surface area contributed by atoms with Gasteiger partial charge >= 0.3 is 0 Å². The van der Waals surface area contributed by atoms with E-state index in [0.29, 0.717) is 5.41 Å². The molecule has 2 aliphatic rings. The fraction of sp³-hybridized carbons (Fsp3) is 0.625. The molecule has 0 atom stereocenters. The van der Waals surface area contributed by atoms with Gasteiger partial charge in [0.2, 0.25) is 0 Å². The van der Waals surface area contributed by atoms with Crippen LogP contribution < -0.4 is 4.90 Å². The predicted molar refractivity (Wildman–Crippen MR) is 86.3 cm³/mol. The Hall–Kier alpha value is -1.20. The van der Waals surface area contributed by atoms with Crippen LogP contribution in [0.1, 0.15) is 31.5 Å². The Balaban J connectivity index is 1.75. The largest absolute Gasteiger partial charge is 0.380 e. The van der Waals surface area contributed by atoms with E-state index in [1.807, 2.05) is 18.3 Å². The Labute approximate surface area is 129 Å². The normalized spacial score (nSPS) is 20.7. The van der Waals surface area contributed by atoms with Crippen molar-refractivity contribution in [3.8, 4) is 0 Å². The predicted octanol–water partition coefficient (Wildman–Crippen LogP) is 3.13. The molecule has 2 saturated heterocycles. The minimum Gasteiger partial charge on any atom is -0.380 e. The number of rotatable bonds is 1. The van der Waals surface area contributed by atoms with E-state index in [-0.39, 0.29) is 5.41 Å². The molecule has 0 aliphatic carbocycles. The van der Waals surface area contributed by atoms with Crippen molar-refractivity contribution >= 4 is 27.4 Å². The Morgan fingerprint density at radius 2 is 1.95 bits per heavy atom. The zero-order chi connectivity index (χ0) is 14.8. The van der Waals surface area contributed by atoms with Crippen molar-refractivity contribution in [3.05, 3.63) is 16.8 Å². The van der Waals surface area contributed by atoms with E-state index >= 15 is 0 Å². The number of nitrogens with zero attached hydrogens (tertiary/aromatic N) is 3. The molecule has 1 spiro atoms. The Morgan fingerprint density at radius 1 is 1.24 bits per heavy atom. The lowest BCUT2D eigenvalue weighted by Crippen LogP contribution is -2.66. The highest BCUT2D eigenvalue weighted by molar-refractivity contribution is 7.19. The standard InChI is InChI=1S/C16H21N3OS/c1-10-17-11-5-12(15(2,3)4)21-13(11)14(18-10)19-6-16(7-19)8-20-9-16/h5H,6-9H2,1-4H3. The molecule has 0 bridgehead atoms. The lowest BCUT2D eigenvalue weighted by Gasteiger charge is -2.55. The maximum Gasteiger partial charge on any atom is 0.150 e. The second-order valence-corrected chi connectivity index (χ2v) is 8.57. The lowest BCUT2D eigenvalue weighted by molar-refractivity contribution is -0.127. The molecule has 0 amide bonds. The first-order chi connectivity index (χ1) is 9.86. The molecule has 5 heteroatoms. The molecule has 2 fully saturated rings. The van der Waals surface area contributed by atoms with Gasteiger partial charge in [0, 0.05) is 18.0 Å².